The molecule has 1 saturated heterocycles. The van der Waals surface area contributed by atoms with E-state index in [0.29, 0.717) is 12.1 Å². The molecule has 1 aliphatic heterocycles. The van der Waals surface area contributed by atoms with Crippen LogP contribution in [0.4, 0.5) is 0 Å². The standard InChI is InChI=1S/C18H29NO2/c1-15(2)19-14-18(11-13-20-16(18)3)10-7-12-21-17-8-5-4-6-9-17/h4-6,8-9,15-16,19H,7,10-14H2,1-3H3. The summed E-state index contributed by atoms with van der Waals surface area (Å²) in [7, 11) is 0. The Hall–Kier alpha value is -1.06. The van der Waals surface area contributed by atoms with Gasteiger partial charge < -0.3 is 14.8 Å². The van der Waals surface area contributed by atoms with Gasteiger partial charge in [-0.05, 0) is 38.3 Å². The predicted molar refractivity (Wildman–Crippen MR) is 86.8 cm³/mol. The molecule has 118 valence electrons. The van der Waals surface area contributed by atoms with E-state index in [2.05, 4.69) is 26.1 Å². The van der Waals surface area contributed by atoms with E-state index < -0.39 is 0 Å². The Morgan fingerprint density at radius 1 is 1.33 bits per heavy atom. The Morgan fingerprint density at radius 3 is 2.71 bits per heavy atom. The average molecular weight is 291 g/mol. The quantitative estimate of drug-likeness (QED) is 0.742. The lowest BCUT2D eigenvalue weighted by atomic mass is 9.77. The predicted octanol–water partition coefficient (Wildman–Crippen LogP) is 3.64. The first-order valence-electron chi connectivity index (χ1n) is 8.15. The number of benzene rings is 1. The second-order valence-corrected chi connectivity index (χ2v) is 6.43. The molecular formula is C18H29NO2. The highest BCUT2D eigenvalue weighted by atomic mass is 16.5. The van der Waals surface area contributed by atoms with Crippen molar-refractivity contribution >= 4 is 0 Å². The monoisotopic (exact) mass is 291 g/mol. The van der Waals surface area contributed by atoms with E-state index in [1.54, 1.807) is 0 Å². The van der Waals surface area contributed by atoms with Gasteiger partial charge in [-0.3, -0.25) is 0 Å². The first-order chi connectivity index (χ1) is 10.1. The molecule has 1 aromatic carbocycles. The Balaban J connectivity index is 1.79. The van der Waals surface area contributed by atoms with Crippen LogP contribution in [0.1, 0.15) is 40.0 Å². The summed E-state index contributed by atoms with van der Waals surface area (Å²) in [5, 5.41) is 3.60. The van der Waals surface area contributed by atoms with Gasteiger partial charge in [-0.1, -0.05) is 32.0 Å². The molecule has 1 heterocycles. The summed E-state index contributed by atoms with van der Waals surface area (Å²) < 4.78 is 11.6. The molecule has 0 spiro atoms. The highest BCUT2D eigenvalue weighted by molar-refractivity contribution is 5.20. The smallest absolute Gasteiger partial charge is 0.119 e. The average Bonchev–Trinajstić information content (AvgIpc) is 2.84. The summed E-state index contributed by atoms with van der Waals surface area (Å²) in [5.41, 5.74) is 0.268. The summed E-state index contributed by atoms with van der Waals surface area (Å²) in [5.74, 6) is 0.961. The largest absolute Gasteiger partial charge is 0.494 e. The van der Waals surface area contributed by atoms with Crippen LogP contribution in [0.3, 0.4) is 0 Å². The molecule has 1 aliphatic rings. The number of nitrogens with one attached hydrogen (secondary N) is 1. The molecule has 21 heavy (non-hydrogen) atoms. The molecule has 1 aromatic rings. The van der Waals surface area contributed by atoms with E-state index in [4.69, 9.17) is 9.47 Å². The summed E-state index contributed by atoms with van der Waals surface area (Å²) in [6.07, 6.45) is 3.71. The highest BCUT2D eigenvalue weighted by Crippen LogP contribution is 2.38. The molecular weight excluding hydrogens is 262 g/mol. The Bertz CT molecular complexity index is 407. The first-order valence-corrected chi connectivity index (χ1v) is 8.15. The van der Waals surface area contributed by atoms with E-state index in [9.17, 15) is 0 Å². The van der Waals surface area contributed by atoms with Gasteiger partial charge in [-0.25, -0.2) is 0 Å². The lowest BCUT2D eigenvalue weighted by molar-refractivity contribution is 0.0542. The summed E-state index contributed by atoms with van der Waals surface area (Å²) in [6, 6.07) is 10.6. The zero-order chi connectivity index (χ0) is 15.1. The second-order valence-electron chi connectivity index (χ2n) is 6.43. The molecule has 0 aliphatic carbocycles. The van der Waals surface area contributed by atoms with E-state index in [1.807, 2.05) is 30.3 Å². The van der Waals surface area contributed by atoms with Gasteiger partial charge in [0.05, 0.1) is 12.7 Å². The van der Waals surface area contributed by atoms with Crippen molar-refractivity contribution in [2.45, 2.75) is 52.2 Å². The van der Waals surface area contributed by atoms with Crippen LogP contribution in [0.15, 0.2) is 30.3 Å². The van der Waals surface area contributed by atoms with Crippen molar-refractivity contribution in [3.8, 4) is 5.75 Å². The maximum absolute atomic E-state index is 5.84. The van der Waals surface area contributed by atoms with Crippen molar-refractivity contribution in [2.24, 2.45) is 5.41 Å². The van der Waals surface area contributed by atoms with Gasteiger partial charge in [0, 0.05) is 24.6 Å². The van der Waals surface area contributed by atoms with Crippen LogP contribution < -0.4 is 10.1 Å². The topological polar surface area (TPSA) is 30.5 Å². The van der Waals surface area contributed by atoms with Crippen molar-refractivity contribution in [1.82, 2.24) is 5.32 Å². The lowest BCUT2D eigenvalue weighted by Gasteiger charge is -2.33. The number of hydrogen-bond donors (Lipinski definition) is 1. The fourth-order valence-corrected chi connectivity index (χ4v) is 3.01. The molecule has 0 aromatic heterocycles. The molecule has 2 unspecified atom stereocenters. The minimum absolute atomic E-state index is 0.268. The summed E-state index contributed by atoms with van der Waals surface area (Å²) in [6.45, 7) is 9.32. The van der Waals surface area contributed by atoms with Crippen LogP contribution in [0.25, 0.3) is 0 Å². The Kier molecular flexibility index (Phi) is 6.07. The second kappa shape index (κ2) is 7.81. The number of ether oxygens (including phenoxy) is 2. The summed E-state index contributed by atoms with van der Waals surface area (Å²) in [4.78, 5) is 0. The van der Waals surface area contributed by atoms with E-state index in [1.165, 1.54) is 0 Å². The van der Waals surface area contributed by atoms with Crippen molar-refractivity contribution < 1.29 is 9.47 Å². The van der Waals surface area contributed by atoms with Gasteiger partial charge in [0.25, 0.3) is 0 Å². The maximum Gasteiger partial charge on any atom is 0.119 e. The number of rotatable bonds is 8. The molecule has 1 fully saturated rings. The molecule has 2 rings (SSSR count). The molecule has 0 radical (unpaired) electrons. The molecule has 0 amide bonds. The Morgan fingerprint density at radius 2 is 2.10 bits per heavy atom. The van der Waals surface area contributed by atoms with Crippen LogP contribution in [0.5, 0.6) is 5.75 Å². The molecule has 1 N–H and O–H groups in total. The highest BCUT2D eigenvalue weighted by Gasteiger charge is 2.40. The van der Waals surface area contributed by atoms with E-state index in [-0.39, 0.29) is 5.41 Å². The number of para-hydroxylation sites is 1. The van der Waals surface area contributed by atoms with Crippen LogP contribution >= 0.6 is 0 Å². The number of hydrogen-bond acceptors (Lipinski definition) is 3. The first kappa shape index (κ1) is 16.3. The SMILES string of the molecule is CC(C)NCC1(CCCOc2ccccc2)CCOC1C. The van der Waals surface area contributed by atoms with Crippen LogP contribution in [0, 0.1) is 5.41 Å². The minimum Gasteiger partial charge on any atom is -0.494 e. The third-order valence-corrected chi connectivity index (χ3v) is 4.52. The fraction of sp³-hybridized carbons (Fsp3) is 0.667. The van der Waals surface area contributed by atoms with Gasteiger partial charge in [0.15, 0.2) is 0 Å². The summed E-state index contributed by atoms with van der Waals surface area (Å²) >= 11 is 0. The normalized spacial score (nSPS) is 25.4. The van der Waals surface area contributed by atoms with Crippen LogP contribution in [-0.4, -0.2) is 31.9 Å². The van der Waals surface area contributed by atoms with Gasteiger partial charge in [-0.15, -0.1) is 0 Å². The van der Waals surface area contributed by atoms with E-state index >= 15 is 0 Å². The molecule has 3 heteroatoms. The van der Waals surface area contributed by atoms with Crippen molar-refractivity contribution in [3.05, 3.63) is 30.3 Å². The minimum atomic E-state index is 0.268. The van der Waals surface area contributed by atoms with Crippen LogP contribution in [-0.2, 0) is 4.74 Å². The fourth-order valence-electron chi connectivity index (χ4n) is 3.01. The zero-order valence-corrected chi connectivity index (χ0v) is 13.6. The maximum atomic E-state index is 5.84. The molecule has 0 bridgehead atoms. The van der Waals surface area contributed by atoms with E-state index in [0.717, 1.165) is 44.8 Å². The Labute approximate surface area is 129 Å². The zero-order valence-electron chi connectivity index (χ0n) is 13.6. The van der Waals surface area contributed by atoms with Crippen molar-refractivity contribution in [1.29, 1.82) is 0 Å². The third kappa shape index (κ3) is 4.72. The van der Waals surface area contributed by atoms with Crippen molar-refractivity contribution in [2.75, 3.05) is 19.8 Å². The molecule has 0 saturated carbocycles. The third-order valence-electron chi connectivity index (χ3n) is 4.52. The van der Waals surface area contributed by atoms with Gasteiger partial charge in [0.2, 0.25) is 0 Å². The van der Waals surface area contributed by atoms with Gasteiger partial charge >= 0.3 is 0 Å². The molecule has 2 atom stereocenters. The van der Waals surface area contributed by atoms with Gasteiger partial charge in [0.1, 0.15) is 5.75 Å². The molecule has 3 nitrogen and oxygen atoms in total. The van der Waals surface area contributed by atoms with Crippen molar-refractivity contribution in [3.63, 3.8) is 0 Å². The van der Waals surface area contributed by atoms with Gasteiger partial charge in [-0.2, -0.15) is 0 Å². The lowest BCUT2D eigenvalue weighted by Crippen LogP contribution is -2.42. The van der Waals surface area contributed by atoms with Crippen LogP contribution in [0.2, 0.25) is 0 Å².